The van der Waals surface area contributed by atoms with Gasteiger partial charge < -0.3 is 10.1 Å². The molecule has 5 rings (SSSR count). The number of thioether (sulfide) groups is 1. The molecular formula is C34H32BrF3N6O3S. The van der Waals surface area contributed by atoms with E-state index in [9.17, 15) is 22.8 Å². The van der Waals surface area contributed by atoms with Crippen molar-refractivity contribution in [3.63, 3.8) is 0 Å². The van der Waals surface area contributed by atoms with Crippen molar-refractivity contribution in [1.29, 1.82) is 0 Å². The summed E-state index contributed by atoms with van der Waals surface area (Å²) in [6.45, 7) is 7.95. The average molecular weight is 742 g/mol. The molecule has 48 heavy (non-hydrogen) atoms. The summed E-state index contributed by atoms with van der Waals surface area (Å²) in [5.74, 6) is 0.386. The van der Waals surface area contributed by atoms with Crippen LogP contribution >= 0.6 is 27.7 Å². The molecule has 0 saturated carbocycles. The molecule has 1 aliphatic heterocycles. The van der Waals surface area contributed by atoms with Crippen molar-refractivity contribution in [3.05, 3.63) is 94.2 Å². The number of anilines is 1. The highest BCUT2D eigenvalue weighted by molar-refractivity contribution is 9.11. The number of ether oxygens (including phenoxy) is 1. The standard InChI is InChI=1S/C34H32BrF3N6O3S/c1-20(2)28-13-8-21(3)14-29(28)44-30(45)18-48-33(44)41-32(46)40-22(4)15-25(35)17-23-6-5-7-24(16-23)31-39-19-43(42-31)26-9-11-27(12-10-26)47-34(36,37)38/h5-14,16-17,19-20,22H,15,18H2,1-4H3,(H,40,46)/b25-17+,41-33-. The molecule has 250 valence electrons. The normalized spacial score (nSPS) is 15.4. The number of benzene rings is 3. The van der Waals surface area contributed by atoms with E-state index in [0.29, 0.717) is 23.1 Å². The van der Waals surface area contributed by atoms with E-state index in [1.54, 1.807) is 4.90 Å². The summed E-state index contributed by atoms with van der Waals surface area (Å²) in [4.78, 5) is 36.0. The highest BCUT2D eigenvalue weighted by Gasteiger charge is 2.33. The largest absolute Gasteiger partial charge is 0.573 e. The van der Waals surface area contributed by atoms with E-state index in [0.717, 1.165) is 32.4 Å². The maximum absolute atomic E-state index is 12.9. The first kappa shape index (κ1) is 34.9. The fourth-order valence-electron chi connectivity index (χ4n) is 5.02. The molecule has 3 amide bonds. The quantitative estimate of drug-likeness (QED) is 0.184. The molecule has 4 aromatic rings. The van der Waals surface area contributed by atoms with E-state index in [1.807, 2.05) is 62.4 Å². The van der Waals surface area contributed by atoms with Crippen LogP contribution in [0.3, 0.4) is 0 Å². The minimum Gasteiger partial charge on any atom is -0.406 e. The Labute approximate surface area is 288 Å². The van der Waals surface area contributed by atoms with E-state index < -0.39 is 12.4 Å². The number of rotatable bonds is 9. The molecule has 1 aromatic heterocycles. The van der Waals surface area contributed by atoms with Gasteiger partial charge in [0.05, 0.1) is 17.1 Å². The third kappa shape index (κ3) is 8.92. The van der Waals surface area contributed by atoms with Crippen molar-refractivity contribution >= 4 is 56.6 Å². The first-order chi connectivity index (χ1) is 22.8. The van der Waals surface area contributed by atoms with Crippen LogP contribution in [0.4, 0.5) is 23.7 Å². The van der Waals surface area contributed by atoms with Crippen molar-refractivity contribution in [2.45, 2.75) is 52.4 Å². The third-order valence-electron chi connectivity index (χ3n) is 7.18. The molecule has 1 saturated heterocycles. The van der Waals surface area contributed by atoms with Crippen LogP contribution in [-0.4, -0.2) is 50.0 Å². The van der Waals surface area contributed by atoms with E-state index >= 15 is 0 Å². The summed E-state index contributed by atoms with van der Waals surface area (Å²) < 4.78 is 43.6. The first-order valence-corrected chi connectivity index (χ1v) is 16.7. The minimum atomic E-state index is -4.77. The highest BCUT2D eigenvalue weighted by atomic mass is 79.9. The number of carbonyl (C=O) groups excluding carboxylic acids is 2. The van der Waals surface area contributed by atoms with Gasteiger partial charge in [0, 0.05) is 11.6 Å². The SMILES string of the molecule is Cc1ccc(C(C)C)c(N2C(=O)CS/C2=N\C(=O)NC(C)C/C(Br)=C\c2cccc(-c3ncn(-c4ccc(OC(F)(F)F)cc4)n3)c2)c1. The summed E-state index contributed by atoms with van der Waals surface area (Å²) in [5, 5.41) is 7.72. The zero-order valence-electron chi connectivity index (χ0n) is 26.5. The van der Waals surface area contributed by atoms with Crippen LogP contribution in [0.25, 0.3) is 23.2 Å². The molecule has 0 spiro atoms. The van der Waals surface area contributed by atoms with Gasteiger partial charge in [-0.1, -0.05) is 71.9 Å². The van der Waals surface area contributed by atoms with Gasteiger partial charge in [0.2, 0.25) is 5.91 Å². The molecule has 1 atom stereocenters. The van der Waals surface area contributed by atoms with Gasteiger partial charge in [-0.2, -0.15) is 4.99 Å². The second-order valence-electron chi connectivity index (χ2n) is 11.5. The third-order valence-corrected chi connectivity index (χ3v) is 8.65. The van der Waals surface area contributed by atoms with Gasteiger partial charge in [0.1, 0.15) is 12.1 Å². The number of urea groups is 1. The van der Waals surface area contributed by atoms with E-state index in [1.165, 1.54) is 47.0 Å². The molecule has 14 heteroatoms. The number of amides is 3. The maximum atomic E-state index is 12.9. The molecule has 0 bridgehead atoms. The smallest absolute Gasteiger partial charge is 0.406 e. The molecule has 1 aliphatic rings. The van der Waals surface area contributed by atoms with Gasteiger partial charge in [-0.15, -0.1) is 18.3 Å². The van der Waals surface area contributed by atoms with Crippen LogP contribution in [0.2, 0.25) is 0 Å². The number of hydrogen-bond acceptors (Lipinski definition) is 6. The monoisotopic (exact) mass is 740 g/mol. The Morgan fingerprint density at radius 1 is 1.12 bits per heavy atom. The lowest BCUT2D eigenvalue weighted by atomic mass is 9.99. The van der Waals surface area contributed by atoms with E-state index in [-0.39, 0.29) is 29.4 Å². The number of hydrogen-bond donors (Lipinski definition) is 1. The zero-order chi connectivity index (χ0) is 34.6. The number of carbonyl (C=O) groups is 2. The van der Waals surface area contributed by atoms with Crippen LogP contribution in [0.15, 0.2) is 82.5 Å². The van der Waals surface area contributed by atoms with Crippen LogP contribution in [-0.2, 0) is 4.79 Å². The summed E-state index contributed by atoms with van der Waals surface area (Å²) >= 11 is 4.85. The van der Waals surface area contributed by atoms with Crippen molar-refractivity contribution in [2.24, 2.45) is 4.99 Å². The number of nitrogens with one attached hydrogen (secondary N) is 1. The van der Waals surface area contributed by atoms with Crippen LogP contribution in [0.5, 0.6) is 5.75 Å². The summed E-state index contributed by atoms with van der Waals surface area (Å²) in [7, 11) is 0. The van der Waals surface area contributed by atoms with Crippen molar-refractivity contribution in [2.75, 3.05) is 10.7 Å². The topological polar surface area (TPSA) is 102 Å². The van der Waals surface area contributed by atoms with Crippen LogP contribution in [0.1, 0.15) is 49.8 Å². The maximum Gasteiger partial charge on any atom is 0.573 e. The van der Waals surface area contributed by atoms with Gasteiger partial charge in [-0.25, -0.2) is 14.5 Å². The predicted octanol–water partition coefficient (Wildman–Crippen LogP) is 8.62. The Balaban J connectivity index is 1.22. The highest BCUT2D eigenvalue weighted by Crippen LogP contribution is 2.34. The van der Waals surface area contributed by atoms with E-state index in [2.05, 4.69) is 54.9 Å². The second-order valence-corrected chi connectivity index (χ2v) is 13.4. The first-order valence-electron chi connectivity index (χ1n) is 15.0. The Hall–Kier alpha value is -4.43. The van der Waals surface area contributed by atoms with Crippen LogP contribution < -0.4 is 15.0 Å². The average Bonchev–Trinajstić information content (AvgIpc) is 3.63. The molecule has 2 heterocycles. The van der Waals surface area contributed by atoms with Crippen molar-refractivity contribution in [1.82, 2.24) is 20.1 Å². The zero-order valence-corrected chi connectivity index (χ0v) is 28.9. The van der Waals surface area contributed by atoms with Gasteiger partial charge in [-0.05, 0) is 89.8 Å². The number of nitrogens with zero attached hydrogens (tertiary/aromatic N) is 5. The molecule has 9 nitrogen and oxygen atoms in total. The second kappa shape index (κ2) is 14.8. The Morgan fingerprint density at radius 2 is 1.88 bits per heavy atom. The number of halogens is 4. The lowest BCUT2D eigenvalue weighted by Gasteiger charge is -2.22. The van der Waals surface area contributed by atoms with Gasteiger partial charge in [0.25, 0.3) is 0 Å². The fourth-order valence-corrected chi connectivity index (χ4v) is 6.63. The Kier molecular flexibility index (Phi) is 10.7. The number of alkyl halides is 3. The summed E-state index contributed by atoms with van der Waals surface area (Å²) in [5.41, 5.74) is 4.89. The summed E-state index contributed by atoms with van der Waals surface area (Å²) in [6, 6.07) is 18.0. The summed E-state index contributed by atoms with van der Waals surface area (Å²) in [6.07, 6.45) is -0.888. The van der Waals surface area contributed by atoms with Gasteiger partial charge in [0.15, 0.2) is 11.0 Å². The Bertz CT molecular complexity index is 1870. The minimum absolute atomic E-state index is 0.115. The fraction of sp³-hybridized carbons (Fsp3) is 0.265. The van der Waals surface area contributed by atoms with Crippen molar-refractivity contribution in [3.8, 4) is 22.8 Å². The number of aryl methyl sites for hydroxylation is 1. The van der Waals surface area contributed by atoms with Crippen LogP contribution in [0, 0.1) is 6.92 Å². The Morgan fingerprint density at radius 3 is 2.58 bits per heavy atom. The lowest BCUT2D eigenvalue weighted by molar-refractivity contribution is -0.274. The number of aromatic nitrogens is 3. The van der Waals surface area contributed by atoms with Gasteiger partial charge in [-0.3, -0.25) is 9.69 Å². The van der Waals surface area contributed by atoms with Gasteiger partial charge >= 0.3 is 12.4 Å². The molecular weight excluding hydrogens is 709 g/mol. The lowest BCUT2D eigenvalue weighted by Crippen LogP contribution is -2.34. The molecule has 3 aromatic carbocycles. The number of aliphatic imine (C=N–C) groups is 1. The predicted molar refractivity (Wildman–Crippen MR) is 186 cm³/mol. The van der Waals surface area contributed by atoms with Crippen molar-refractivity contribution < 1.29 is 27.5 Å². The molecule has 1 unspecified atom stereocenters. The number of amidine groups is 1. The molecule has 0 aliphatic carbocycles. The van der Waals surface area contributed by atoms with E-state index in [4.69, 9.17) is 0 Å². The molecule has 1 N–H and O–H groups in total. The molecule has 0 radical (unpaired) electrons. The molecule has 1 fully saturated rings.